The minimum absolute atomic E-state index is 0.0734. The van der Waals surface area contributed by atoms with Gasteiger partial charge in [0.1, 0.15) is 11.3 Å². The largest absolute Gasteiger partial charge is 0.507 e. The average molecular weight is 283 g/mol. The lowest BCUT2D eigenvalue weighted by molar-refractivity contribution is 0.469. The van der Waals surface area contributed by atoms with Gasteiger partial charge in [0.15, 0.2) is 0 Å². The van der Waals surface area contributed by atoms with E-state index in [4.69, 9.17) is 4.42 Å². The van der Waals surface area contributed by atoms with Crippen molar-refractivity contribution >= 4 is 26.9 Å². The highest BCUT2D eigenvalue weighted by Gasteiger charge is 2.08. The maximum Gasteiger partial charge on any atom is 0.336 e. The zero-order valence-corrected chi connectivity index (χ0v) is 10.4. The average Bonchev–Trinajstić information content (AvgIpc) is 2.21. The molecule has 1 aromatic carbocycles. The molecule has 0 bridgehead atoms. The van der Waals surface area contributed by atoms with Crippen LogP contribution in [-0.2, 0) is 6.42 Å². The second-order valence-corrected chi connectivity index (χ2v) is 4.49. The molecular weight excluding hydrogens is 272 g/mol. The van der Waals surface area contributed by atoms with Crippen molar-refractivity contribution in [3.63, 3.8) is 0 Å². The van der Waals surface area contributed by atoms with Crippen LogP contribution in [0.15, 0.2) is 31.9 Å². The molecule has 16 heavy (non-hydrogen) atoms. The fourth-order valence-electron chi connectivity index (χ4n) is 1.71. The Hall–Kier alpha value is -1.29. The van der Waals surface area contributed by atoms with Gasteiger partial charge in [0.05, 0.1) is 4.47 Å². The summed E-state index contributed by atoms with van der Waals surface area (Å²) in [5, 5.41) is 10.4. The van der Waals surface area contributed by atoms with Gasteiger partial charge in [-0.25, -0.2) is 4.79 Å². The van der Waals surface area contributed by atoms with E-state index in [0.717, 1.165) is 23.8 Å². The van der Waals surface area contributed by atoms with E-state index in [1.165, 1.54) is 12.1 Å². The normalized spacial score (nSPS) is 10.9. The maximum atomic E-state index is 11.3. The van der Waals surface area contributed by atoms with Crippen LogP contribution in [0, 0.1) is 0 Å². The summed E-state index contributed by atoms with van der Waals surface area (Å²) in [4.78, 5) is 11.3. The predicted molar refractivity (Wildman–Crippen MR) is 65.8 cm³/mol. The zero-order chi connectivity index (χ0) is 11.7. The third-order valence-corrected chi connectivity index (χ3v) is 3.05. The van der Waals surface area contributed by atoms with E-state index >= 15 is 0 Å². The number of phenolic OH excluding ortho intramolecular Hbond substituents is 1. The molecule has 0 fully saturated rings. The van der Waals surface area contributed by atoms with Crippen LogP contribution < -0.4 is 5.63 Å². The molecule has 3 nitrogen and oxygen atoms in total. The van der Waals surface area contributed by atoms with Crippen LogP contribution >= 0.6 is 15.9 Å². The highest BCUT2D eigenvalue weighted by Crippen LogP contribution is 2.30. The second-order valence-electron chi connectivity index (χ2n) is 3.64. The van der Waals surface area contributed by atoms with Crippen molar-refractivity contribution in [3.8, 4) is 5.75 Å². The summed E-state index contributed by atoms with van der Waals surface area (Å²) in [6, 6.07) is 4.74. The van der Waals surface area contributed by atoms with Gasteiger partial charge in [-0.15, -0.1) is 0 Å². The Kier molecular flexibility index (Phi) is 3.01. The van der Waals surface area contributed by atoms with Crippen LogP contribution in [0.5, 0.6) is 5.75 Å². The van der Waals surface area contributed by atoms with Crippen LogP contribution in [0.3, 0.4) is 0 Å². The third-order valence-electron chi connectivity index (χ3n) is 2.42. The summed E-state index contributed by atoms with van der Waals surface area (Å²) >= 11 is 3.25. The standard InChI is InChI=1S/C12H11BrO3/c1-2-3-7-4-12(15)16-11-6-10(14)9(13)5-8(7)11/h4-6,14H,2-3H2,1H3. The molecule has 4 heteroatoms. The van der Waals surface area contributed by atoms with E-state index < -0.39 is 0 Å². The summed E-state index contributed by atoms with van der Waals surface area (Å²) in [7, 11) is 0. The number of aromatic hydroxyl groups is 1. The minimum Gasteiger partial charge on any atom is -0.507 e. The Morgan fingerprint density at radius 2 is 2.12 bits per heavy atom. The Morgan fingerprint density at radius 3 is 2.81 bits per heavy atom. The molecule has 0 unspecified atom stereocenters. The van der Waals surface area contributed by atoms with Gasteiger partial charge < -0.3 is 9.52 Å². The van der Waals surface area contributed by atoms with Crippen LogP contribution in [0.2, 0.25) is 0 Å². The monoisotopic (exact) mass is 282 g/mol. The van der Waals surface area contributed by atoms with Gasteiger partial charge in [0, 0.05) is 17.5 Å². The Balaban J connectivity index is 2.79. The summed E-state index contributed by atoms with van der Waals surface area (Å²) < 4.78 is 5.65. The first-order chi connectivity index (χ1) is 7.61. The van der Waals surface area contributed by atoms with Crippen LogP contribution in [0.1, 0.15) is 18.9 Å². The quantitative estimate of drug-likeness (QED) is 0.861. The van der Waals surface area contributed by atoms with Gasteiger partial charge in [0.2, 0.25) is 0 Å². The summed E-state index contributed by atoms with van der Waals surface area (Å²) in [5.74, 6) is 0.0734. The molecule has 0 radical (unpaired) electrons. The molecule has 0 aliphatic heterocycles. The smallest absolute Gasteiger partial charge is 0.336 e. The maximum absolute atomic E-state index is 11.3. The van der Waals surface area contributed by atoms with Crippen molar-refractivity contribution in [3.05, 3.63) is 38.7 Å². The number of rotatable bonds is 2. The van der Waals surface area contributed by atoms with Crippen molar-refractivity contribution in [1.82, 2.24) is 0 Å². The minimum atomic E-state index is -0.377. The van der Waals surface area contributed by atoms with Crippen molar-refractivity contribution in [2.75, 3.05) is 0 Å². The molecule has 0 aliphatic carbocycles. The van der Waals surface area contributed by atoms with Crippen molar-refractivity contribution in [1.29, 1.82) is 0 Å². The summed E-state index contributed by atoms with van der Waals surface area (Å²) in [6.45, 7) is 2.05. The van der Waals surface area contributed by atoms with E-state index in [9.17, 15) is 9.90 Å². The van der Waals surface area contributed by atoms with Gasteiger partial charge in [-0.05, 0) is 34.0 Å². The highest BCUT2D eigenvalue weighted by atomic mass is 79.9. The van der Waals surface area contributed by atoms with Gasteiger partial charge in [0.25, 0.3) is 0 Å². The highest BCUT2D eigenvalue weighted by molar-refractivity contribution is 9.10. The third kappa shape index (κ3) is 1.97. The number of fused-ring (bicyclic) bond motifs is 1. The number of hydrogen-bond donors (Lipinski definition) is 1. The lowest BCUT2D eigenvalue weighted by Gasteiger charge is -2.05. The predicted octanol–water partition coefficient (Wildman–Crippen LogP) is 3.21. The molecule has 0 spiro atoms. The Bertz CT molecular complexity index is 587. The number of halogens is 1. The lowest BCUT2D eigenvalue weighted by Crippen LogP contribution is -2.00. The number of aryl methyl sites for hydroxylation is 1. The summed E-state index contributed by atoms with van der Waals surface area (Å²) in [5.41, 5.74) is 1.00. The first-order valence-corrected chi connectivity index (χ1v) is 5.86. The van der Waals surface area contributed by atoms with Gasteiger partial charge >= 0.3 is 5.63 Å². The zero-order valence-electron chi connectivity index (χ0n) is 8.79. The van der Waals surface area contributed by atoms with Crippen LogP contribution in [-0.4, -0.2) is 5.11 Å². The summed E-state index contributed by atoms with van der Waals surface area (Å²) in [6.07, 6.45) is 1.77. The van der Waals surface area contributed by atoms with Crippen LogP contribution in [0.25, 0.3) is 11.0 Å². The topological polar surface area (TPSA) is 50.4 Å². The molecule has 0 saturated carbocycles. The second kappa shape index (κ2) is 4.29. The molecule has 0 saturated heterocycles. The molecule has 0 amide bonds. The van der Waals surface area contributed by atoms with E-state index in [-0.39, 0.29) is 11.4 Å². The fourth-order valence-corrected chi connectivity index (χ4v) is 2.06. The van der Waals surface area contributed by atoms with E-state index in [1.54, 1.807) is 6.07 Å². The fraction of sp³-hybridized carbons (Fsp3) is 0.250. The number of hydrogen-bond acceptors (Lipinski definition) is 3. The van der Waals surface area contributed by atoms with Crippen molar-refractivity contribution in [2.45, 2.75) is 19.8 Å². The molecule has 2 rings (SSSR count). The molecule has 1 N–H and O–H groups in total. The lowest BCUT2D eigenvalue weighted by atomic mass is 10.1. The molecule has 0 atom stereocenters. The number of phenols is 1. The Morgan fingerprint density at radius 1 is 1.38 bits per heavy atom. The molecule has 1 aromatic heterocycles. The van der Waals surface area contributed by atoms with Crippen molar-refractivity contribution < 1.29 is 9.52 Å². The van der Waals surface area contributed by atoms with Gasteiger partial charge in [-0.2, -0.15) is 0 Å². The first kappa shape index (κ1) is 11.2. The molecular formula is C12H11BrO3. The van der Waals surface area contributed by atoms with E-state index in [1.807, 2.05) is 0 Å². The van der Waals surface area contributed by atoms with E-state index in [2.05, 4.69) is 22.9 Å². The Labute approximate surface area is 101 Å². The number of benzene rings is 1. The molecule has 0 aliphatic rings. The first-order valence-electron chi connectivity index (χ1n) is 5.07. The van der Waals surface area contributed by atoms with Crippen molar-refractivity contribution in [2.24, 2.45) is 0 Å². The molecule has 1 heterocycles. The molecule has 84 valence electrons. The van der Waals surface area contributed by atoms with Gasteiger partial charge in [-0.1, -0.05) is 13.3 Å². The van der Waals surface area contributed by atoms with Gasteiger partial charge in [-0.3, -0.25) is 0 Å². The molecule has 2 aromatic rings. The van der Waals surface area contributed by atoms with E-state index in [0.29, 0.717) is 10.1 Å². The van der Waals surface area contributed by atoms with Crippen LogP contribution in [0.4, 0.5) is 0 Å². The SMILES string of the molecule is CCCc1cc(=O)oc2cc(O)c(Br)cc12.